The SMILES string of the molecule is CC(C)(C)OC(=O)N[C@H]1CCCN2C(=O)[C@@H](Cc3ccccc3)C[C@H]12. The van der Waals surface area contributed by atoms with Gasteiger partial charge < -0.3 is 15.0 Å². The van der Waals surface area contributed by atoms with E-state index in [1.807, 2.05) is 43.9 Å². The zero-order chi connectivity index (χ0) is 18.0. The summed E-state index contributed by atoms with van der Waals surface area (Å²) in [6.45, 7) is 6.36. The summed E-state index contributed by atoms with van der Waals surface area (Å²) < 4.78 is 5.38. The number of fused-ring (bicyclic) bond motifs is 1. The minimum Gasteiger partial charge on any atom is -0.444 e. The van der Waals surface area contributed by atoms with E-state index in [4.69, 9.17) is 4.74 Å². The lowest BCUT2D eigenvalue weighted by molar-refractivity contribution is -0.133. The van der Waals surface area contributed by atoms with Crippen LogP contribution in [0, 0.1) is 5.92 Å². The molecule has 0 aromatic heterocycles. The lowest BCUT2D eigenvalue weighted by Crippen LogP contribution is -2.54. The van der Waals surface area contributed by atoms with Crippen LogP contribution >= 0.6 is 0 Å². The standard InChI is InChI=1S/C20H28N2O3/c1-20(2,3)25-19(24)21-16-10-7-11-22-17(16)13-15(18(22)23)12-14-8-5-4-6-9-14/h4-6,8-9,15-17H,7,10-13H2,1-3H3,(H,21,24)/t15-,16-,17+/m0/s1. The molecule has 2 fully saturated rings. The first-order chi connectivity index (χ1) is 11.8. The van der Waals surface area contributed by atoms with Gasteiger partial charge in [0, 0.05) is 12.5 Å². The lowest BCUT2D eigenvalue weighted by atomic mass is 9.91. The Balaban J connectivity index is 1.65. The van der Waals surface area contributed by atoms with Gasteiger partial charge in [0.25, 0.3) is 0 Å². The van der Waals surface area contributed by atoms with Crippen molar-refractivity contribution < 1.29 is 14.3 Å². The number of amides is 2. The van der Waals surface area contributed by atoms with Crippen LogP contribution < -0.4 is 5.32 Å². The van der Waals surface area contributed by atoms with Gasteiger partial charge in [-0.3, -0.25) is 4.79 Å². The largest absolute Gasteiger partial charge is 0.444 e. The molecule has 0 bridgehead atoms. The molecule has 2 heterocycles. The highest BCUT2D eigenvalue weighted by Crippen LogP contribution is 2.34. The van der Waals surface area contributed by atoms with Crippen molar-refractivity contribution in [2.75, 3.05) is 6.54 Å². The second-order valence-corrected chi connectivity index (χ2v) is 8.12. The van der Waals surface area contributed by atoms with Gasteiger partial charge in [-0.15, -0.1) is 0 Å². The summed E-state index contributed by atoms with van der Waals surface area (Å²) in [6, 6.07) is 10.2. The third-order valence-corrected chi connectivity index (χ3v) is 4.96. The van der Waals surface area contributed by atoms with Crippen molar-refractivity contribution in [1.82, 2.24) is 10.2 Å². The average Bonchev–Trinajstić information content (AvgIpc) is 2.84. The fraction of sp³-hybridized carbons (Fsp3) is 0.600. The van der Waals surface area contributed by atoms with Crippen molar-refractivity contribution in [1.29, 1.82) is 0 Å². The molecule has 0 radical (unpaired) electrons. The van der Waals surface area contributed by atoms with Crippen LogP contribution in [0.5, 0.6) is 0 Å². The number of rotatable bonds is 3. The number of ether oxygens (including phenoxy) is 1. The number of hydrogen-bond donors (Lipinski definition) is 1. The normalized spacial score (nSPS) is 26.3. The summed E-state index contributed by atoms with van der Waals surface area (Å²) in [5.74, 6) is 0.234. The van der Waals surface area contributed by atoms with Crippen molar-refractivity contribution in [2.24, 2.45) is 5.92 Å². The molecule has 0 spiro atoms. The molecule has 3 atom stereocenters. The Labute approximate surface area is 149 Å². The van der Waals surface area contributed by atoms with Crippen LogP contribution in [0.3, 0.4) is 0 Å². The molecule has 1 aromatic carbocycles. The first kappa shape index (κ1) is 17.8. The molecule has 1 N–H and O–H groups in total. The lowest BCUT2D eigenvalue weighted by Gasteiger charge is -2.37. The molecule has 2 amide bonds. The molecular formula is C20H28N2O3. The molecule has 1 aromatic rings. The van der Waals surface area contributed by atoms with Gasteiger partial charge in [0.15, 0.2) is 0 Å². The third-order valence-electron chi connectivity index (χ3n) is 4.96. The highest BCUT2D eigenvalue weighted by molar-refractivity contribution is 5.82. The molecule has 2 saturated heterocycles. The van der Waals surface area contributed by atoms with Gasteiger partial charge in [0.1, 0.15) is 5.60 Å². The van der Waals surface area contributed by atoms with Gasteiger partial charge in [-0.05, 0) is 52.0 Å². The Kier molecular flexibility index (Phi) is 5.02. The molecule has 2 aliphatic rings. The summed E-state index contributed by atoms with van der Waals surface area (Å²) in [5.41, 5.74) is 0.678. The Morgan fingerprint density at radius 1 is 1.28 bits per heavy atom. The highest BCUT2D eigenvalue weighted by atomic mass is 16.6. The van der Waals surface area contributed by atoms with Crippen molar-refractivity contribution >= 4 is 12.0 Å². The van der Waals surface area contributed by atoms with Crippen LogP contribution in [0.2, 0.25) is 0 Å². The van der Waals surface area contributed by atoms with E-state index < -0.39 is 11.7 Å². The number of piperidine rings is 1. The fourth-order valence-corrected chi connectivity index (χ4v) is 3.95. The molecule has 2 aliphatic heterocycles. The molecule has 136 valence electrons. The summed E-state index contributed by atoms with van der Waals surface area (Å²) >= 11 is 0. The second kappa shape index (κ2) is 7.06. The fourth-order valence-electron chi connectivity index (χ4n) is 3.95. The van der Waals surface area contributed by atoms with E-state index in [1.54, 1.807) is 0 Å². The van der Waals surface area contributed by atoms with Crippen LogP contribution in [0.4, 0.5) is 4.79 Å². The summed E-state index contributed by atoms with van der Waals surface area (Å²) in [5, 5.41) is 3.00. The molecule has 0 aliphatic carbocycles. The van der Waals surface area contributed by atoms with E-state index in [0.29, 0.717) is 0 Å². The highest BCUT2D eigenvalue weighted by Gasteiger charge is 2.45. The van der Waals surface area contributed by atoms with Gasteiger partial charge in [-0.1, -0.05) is 30.3 Å². The molecular weight excluding hydrogens is 316 g/mol. The number of hydrogen-bond acceptors (Lipinski definition) is 3. The first-order valence-corrected chi connectivity index (χ1v) is 9.17. The van der Waals surface area contributed by atoms with Crippen LogP contribution in [-0.4, -0.2) is 41.1 Å². The monoisotopic (exact) mass is 344 g/mol. The third kappa shape index (κ3) is 4.33. The van der Waals surface area contributed by atoms with Crippen molar-refractivity contribution in [3.63, 3.8) is 0 Å². The average molecular weight is 344 g/mol. The zero-order valence-corrected chi connectivity index (χ0v) is 15.3. The summed E-state index contributed by atoms with van der Waals surface area (Å²) in [6.07, 6.45) is 2.99. The van der Waals surface area contributed by atoms with Gasteiger partial charge in [-0.2, -0.15) is 0 Å². The Bertz CT molecular complexity index is 624. The number of carbonyl (C=O) groups excluding carboxylic acids is 2. The van der Waals surface area contributed by atoms with Crippen molar-refractivity contribution in [3.05, 3.63) is 35.9 Å². The maximum Gasteiger partial charge on any atom is 0.407 e. The van der Waals surface area contributed by atoms with E-state index >= 15 is 0 Å². The van der Waals surface area contributed by atoms with E-state index in [0.717, 1.165) is 32.2 Å². The van der Waals surface area contributed by atoms with Crippen molar-refractivity contribution in [2.45, 2.75) is 64.1 Å². The zero-order valence-electron chi connectivity index (χ0n) is 15.3. The Hall–Kier alpha value is -2.04. The number of alkyl carbamates (subject to hydrolysis) is 1. The number of benzene rings is 1. The quantitative estimate of drug-likeness (QED) is 0.916. The molecule has 0 saturated carbocycles. The van der Waals surface area contributed by atoms with Gasteiger partial charge in [0.05, 0.1) is 12.1 Å². The van der Waals surface area contributed by atoms with Crippen LogP contribution in [-0.2, 0) is 16.0 Å². The first-order valence-electron chi connectivity index (χ1n) is 9.17. The van der Waals surface area contributed by atoms with E-state index in [2.05, 4.69) is 17.4 Å². The molecule has 25 heavy (non-hydrogen) atoms. The predicted octanol–water partition coefficient (Wildman–Crippen LogP) is 3.13. The number of carbonyl (C=O) groups is 2. The predicted molar refractivity (Wildman–Crippen MR) is 96.1 cm³/mol. The smallest absolute Gasteiger partial charge is 0.407 e. The Morgan fingerprint density at radius 3 is 2.68 bits per heavy atom. The van der Waals surface area contributed by atoms with Gasteiger partial charge in [0.2, 0.25) is 5.91 Å². The maximum atomic E-state index is 12.8. The second-order valence-electron chi connectivity index (χ2n) is 8.12. The minimum atomic E-state index is -0.514. The van der Waals surface area contributed by atoms with Crippen LogP contribution in [0.25, 0.3) is 0 Å². The van der Waals surface area contributed by atoms with E-state index in [1.165, 1.54) is 5.56 Å². The number of nitrogens with one attached hydrogen (secondary N) is 1. The van der Waals surface area contributed by atoms with Gasteiger partial charge >= 0.3 is 6.09 Å². The maximum absolute atomic E-state index is 12.8. The van der Waals surface area contributed by atoms with Crippen molar-refractivity contribution in [3.8, 4) is 0 Å². The minimum absolute atomic E-state index is 0.00781. The molecule has 3 rings (SSSR count). The molecule has 0 unspecified atom stereocenters. The van der Waals surface area contributed by atoms with Crippen LogP contribution in [0.15, 0.2) is 30.3 Å². The topological polar surface area (TPSA) is 58.6 Å². The Morgan fingerprint density at radius 2 is 2.00 bits per heavy atom. The number of nitrogens with zero attached hydrogens (tertiary/aromatic N) is 1. The molecule has 5 nitrogen and oxygen atoms in total. The van der Waals surface area contributed by atoms with E-state index in [9.17, 15) is 9.59 Å². The summed E-state index contributed by atoms with van der Waals surface area (Å²) in [7, 11) is 0. The summed E-state index contributed by atoms with van der Waals surface area (Å²) in [4.78, 5) is 26.9. The van der Waals surface area contributed by atoms with Gasteiger partial charge in [-0.25, -0.2) is 4.79 Å². The molecule has 5 heteroatoms. The van der Waals surface area contributed by atoms with Crippen LogP contribution in [0.1, 0.15) is 45.6 Å². The van der Waals surface area contributed by atoms with E-state index in [-0.39, 0.29) is 23.9 Å².